The van der Waals surface area contributed by atoms with Crippen LogP contribution in [0.25, 0.3) is 11.0 Å². The number of hydrogen-bond donors (Lipinski definition) is 2. The number of carbonyl (C=O) groups is 3. The monoisotopic (exact) mass is 493 g/mol. The quantitative estimate of drug-likeness (QED) is 0.159. The number of β-lactam (4-membered cyclic amide) rings is 1. The van der Waals surface area contributed by atoms with Crippen LogP contribution in [-0.2, 0) is 19.9 Å². The summed E-state index contributed by atoms with van der Waals surface area (Å²) in [4.78, 5) is 50.0. The van der Waals surface area contributed by atoms with Crippen LogP contribution in [0.2, 0.25) is 0 Å². The summed E-state index contributed by atoms with van der Waals surface area (Å²) < 4.78 is 38.2. The Labute approximate surface area is 215 Å². The van der Waals surface area contributed by atoms with E-state index >= 15 is 0 Å². The molecule has 1 aliphatic heterocycles. The number of rotatable bonds is 6. The number of hydrogen-bond acceptors (Lipinski definition) is 8. The molecule has 1 saturated heterocycles. The summed E-state index contributed by atoms with van der Waals surface area (Å²) >= 11 is 0. The molecule has 34 heavy (non-hydrogen) atoms. The molecule has 2 N–H and O–H groups in total. The molecule has 1 aromatic heterocycles. The zero-order valence-electron chi connectivity index (χ0n) is 17.8. The number of nitrogens with zero attached hydrogens (tertiary/aromatic N) is 1. The van der Waals surface area contributed by atoms with E-state index in [0.29, 0.717) is 10.9 Å². The van der Waals surface area contributed by atoms with Crippen molar-refractivity contribution < 1.29 is 61.3 Å². The van der Waals surface area contributed by atoms with Gasteiger partial charge in [0, 0.05) is 5.39 Å². The Bertz CT molecular complexity index is 1420. The number of nitrogens with one attached hydrogen (secondary N) is 2. The van der Waals surface area contributed by atoms with E-state index < -0.39 is 52.3 Å². The number of fused-ring (bicyclic) bond motifs is 1. The Kier molecular flexibility index (Phi) is 7.58. The second-order valence-electron chi connectivity index (χ2n) is 7.19. The number of amides is 3. The van der Waals surface area contributed by atoms with E-state index in [1.54, 1.807) is 54.6 Å². The molecular formula is C21H16N3NaO8S. The second kappa shape index (κ2) is 10.1. The zero-order valence-corrected chi connectivity index (χ0v) is 20.6. The maximum absolute atomic E-state index is 12.9. The van der Waals surface area contributed by atoms with E-state index in [4.69, 9.17) is 4.42 Å². The molecule has 11 nitrogen and oxygen atoms in total. The second-order valence-corrected chi connectivity index (χ2v) is 8.49. The van der Waals surface area contributed by atoms with Gasteiger partial charge in [-0.15, -0.1) is 0 Å². The average Bonchev–Trinajstić information content (AvgIpc) is 2.78. The van der Waals surface area contributed by atoms with Gasteiger partial charge in [-0.05, 0) is 17.7 Å². The molecule has 4 rings (SSSR count). The van der Waals surface area contributed by atoms with Gasteiger partial charge >= 0.3 is 35.2 Å². The molecule has 3 aromatic rings. The van der Waals surface area contributed by atoms with Crippen molar-refractivity contribution >= 4 is 39.0 Å². The molecule has 170 valence electrons. The SMILES string of the molecule is O=C(N[C@@H](C(=O)NC1CN(S(=O)(=O)[O-])C1=O)c1ccccc1)c1cc2ccccc2oc1=O.[Na+]. The third-order valence-electron chi connectivity index (χ3n) is 5.04. The first-order chi connectivity index (χ1) is 15.6. The Balaban J connectivity index is 0.00000324. The summed E-state index contributed by atoms with van der Waals surface area (Å²) in [6.07, 6.45) is 0. The summed E-state index contributed by atoms with van der Waals surface area (Å²) in [7, 11) is -4.97. The van der Waals surface area contributed by atoms with Crippen molar-refractivity contribution in [2.75, 3.05) is 6.54 Å². The summed E-state index contributed by atoms with van der Waals surface area (Å²) in [5.74, 6) is -2.80. The van der Waals surface area contributed by atoms with Crippen molar-refractivity contribution in [1.82, 2.24) is 14.9 Å². The van der Waals surface area contributed by atoms with Crippen LogP contribution in [0.4, 0.5) is 0 Å². The van der Waals surface area contributed by atoms with E-state index in [9.17, 15) is 32.1 Å². The van der Waals surface area contributed by atoms with Gasteiger partial charge in [0.25, 0.3) is 11.8 Å². The van der Waals surface area contributed by atoms with Gasteiger partial charge in [-0.3, -0.25) is 14.4 Å². The minimum absolute atomic E-state index is 0. The molecule has 1 unspecified atom stereocenters. The maximum Gasteiger partial charge on any atom is 1.00 e. The van der Waals surface area contributed by atoms with E-state index in [1.807, 2.05) is 0 Å². The van der Waals surface area contributed by atoms with Crippen LogP contribution in [0.1, 0.15) is 22.0 Å². The summed E-state index contributed by atoms with van der Waals surface area (Å²) in [6.45, 7) is -0.514. The largest absolute Gasteiger partial charge is 1.00 e. The van der Waals surface area contributed by atoms with E-state index in [1.165, 1.54) is 6.07 Å². The van der Waals surface area contributed by atoms with Crippen LogP contribution in [-0.4, -0.2) is 47.6 Å². The van der Waals surface area contributed by atoms with Crippen LogP contribution in [0.5, 0.6) is 0 Å². The minimum atomic E-state index is -4.97. The van der Waals surface area contributed by atoms with Crippen LogP contribution < -0.4 is 45.8 Å². The molecule has 0 saturated carbocycles. The van der Waals surface area contributed by atoms with Crippen LogP contribution in [0.3, 0.4) is 0 Å². The first kappa shape index (κ1) is 25.6. The average molecular weight is 493 g/mol. The van der Waals surface area contributed by atoms with Crippen molar-refractivity contribution in [3.05, 3.63) is 82.2 Å². The van der Waals surface area contributed by atoms with E-state index in [2.05, 4.69) is 10.6 Å². The van der Waals surface area contributed by atoms with Gasteiger partial charge in [-0.1, -0.05) is 48.5 Å². The fourth-order valence-electron chi connectivity index (χ4n) is 3.33. The third-order valence-corrected chi connectivity index (χ3v) is 5.90. The fourth-order valence-corrected chi connectivity index (χ4v) is 4.01. The maximum atomic E-state index is 12.9. The van der Waals surface area contributed by atoms with Gasteiger partial charge in [0.15, 0.2) is 10.3 Å². The Morgan fingerprint density at radius 1 is 1.06 bits per heavy atom. The number of benzene rings is 2. The van der Waals surface area contributed by atoms with E-state index in [-0.39, 0.29) is 45.0 Å². The standard InChI is InChI=1S/C21H17N3O8S.Na/c25-18(14-10-13-8-4-5-9-16(13)32-21(14)28)23-17(12-6-2-1-3-7-12)19(26)22-15-11-24(20(15)27)33(29,30)31;/h1-10,15,17H,11H2,(H,22,26)(H,23,25)(H,29,30,31);/q;+1/p-1/t15?,17-;/m1./s1. The van der Waals surface area contributed by atoms with Crippen LogP contribution in [0.15, 0.2) is 69.9 Å². The van der Waals surface area contributed by atoms with Crippen molar-refractivity contribution in [1.29, 1.82) is 0 Å². The van der Waals surface area contributed by atoms with E-state index in [0.717, 1.165) is 0 Å². The van der Waals surface area contributed by atoms with Crippen LogP contribution in [0, 0.1) is 0 Å². The zero-order chi connectivity index (χ0) is 23.8. The predicted molar refractivity (Wildman–Crippen MR) is 112 cm³/mol. The normalized spacial score (nSPS) is 16.2. The smallest absolute Gasteiger partial charge is 0.731 e. The van der Waals surface area contributed by atoms with Crippen molar-refractivity contribution in [3.8, 4) is 0 Å². The molecule has 2 atom stereocenters. The van der Waals surface area contributed by atoms with Crippen LogP contribution >= 0.6 is 0 Å². The van der Waals surface area contributed by atoms with Gasteiger partial charge < -0.3 is 19.6 Å². The number of carbonyl (C=O) groups excluding carboxylic acids is 3. The van der Waals surface area contributed by atoms with Gasteiger partial charge in [-0.2, -0.15) is 0 Å². The molecule has 0 radical (unpaired) electrons. The molecular weight excluding hydrogens is 477 g/mol. The molecule has 0 bridgehead atoms. The first-order valence-electron chi connectivity index (χ1n) is 9.61. The summed E-state index contributed by atoms with van der Waals surface area (Å²) in [5, 5.41) is 5.27. The molecule has 0 spiro atoms. The Morgan fingerprint density at radius 3 is 2.35 bits per heavy atom. The van der Waals surface area contributed by atoms with Gasteiger partial charge in [0.1, 0.15) is 23.2 Å². The molecule has 1 fully saturated rings. The Morgan fingerprint density at radius 2 is 1.71 bits per heavy atom. The van der Waals surface area contributed by atoms with Crippen molar-refractivity contribution in [2.24, 2.45) is 0 Å². The number of para-hydroxylation sites is 1. The van der Waals surface area contributed by atoms with Gasteiger partial charge in [-0.25, -0.2) is 17.5 Å². The summed E-state index contributed by atoms with van der Waals surface area (Å²) in [6, 6.07) is 13.4. The predicted octanol–water partition coefficient (Wildman–Crippen LogP) is -2.94. The molecule has 2 aromatic carbocycles. The molecule has 13 heteroatoms. The van der Waals surface area contributed by atoms with Gasteiger partial charge in [0.2, 0.25) is 5.91 Å². The first-order valence-corrected chi connectivity index (χ1v) is 11.0. The molecule has 2 heterocycles. The molecule has 1 aliphatic rings. The Hall–Kier alpha value is -3.03. The van der Waals surface area contributed by atoms with Gasteiger partial charge in [0.05, 0.1) is 6.54 Å². The molecule has 0 aliphatic carbocycles. The third kappa shape index (κ3) is 5.21. The van der Waals surface area contributed by atoms with Crippen molar-refractivity contribution in [3.63, 3.8) is 0 Å². The molecule has 3 amide bonds. The topological polar surface area (TPSA) is 166 Å². The summed E-state index contributed by atoms with van der Waals surface area (Å²) in [5.41, 5.74) is -0.596. The van der Waals surface area contributed by atoms with Crippen molar-refractivity contribution in [2.45, 2.75) is 12.1 Å². The minimum Gasteiger partial charge on any atom is -0.731 e. The fraction of sp³-hybridized carbons (Fsp3) is 0.143.